The average molecular weight is 318 g/mol. The second kappa shape index (κ2) is 4.93. The maximum absolute atomic E-state index is 12.4. The summed E-state index contributed by atoms with van der Waals surface area (Å²) in [6.45, 7) is -0.00582. The van der Waals surface area contributed by atoms with Crippen LogP contribution in [0.25, 0.3) is 0 Å². The van der Waals surface area contributed by atoms with Crippen LogP contribution in [0.4, 0.5) is 0 Å². The summed E-state index contributed by atoms with van der Waals surface area (Å²) in [6, 6.07) is 0. The fraction of sp³-hybridized carbons (Fsp3) is 0.929. The maximum atomic E-state index is 12.4. The number of carbonyl (C=O) groups is 1. The Kier molecular flexibility index (Phi) is 3.58. The quantitative estimate of drug-likeness (QED) is 0.448. The third-order valence-electron chi connectivity index (χ3n) is 5.24. The van der Waals surface area contributed by atoms with Gasteiger partial charge in [0.05, 0.1) is 23.4 Å². The monoisotopic (exact) mass is 318 g/mol. The molecule has 2 unspecified atom stereocenters. The summed E-state index contributed by atoms with van der Waals surface area (Å²) in [5, 5.41) is 10.6. The molecule has 0 aliphatic heterocycles. The van der Waals surface area contributed by atoms with E-state index in [4.69, 9.17) is 9.29 Å². The molecule has 4 saturated carbocycles. The van der Waals surface area contributed by atoms with Crippen LogP contribution in [0.2, 0.25) is 0 Å². The van der Waals surface area contributed by atoms with Crippen molar-refractivity contribution in [3.63, 3.8) is 0 Å². The van der Waals surface area contributed by atoms with Gasteiger partial charge in [0.2, 0.25) is 0 Å². The van der Waals surface area contributed by atoms with Crippen molar-refractivity contribution >= 4 is 16.1 Å². The fourth-order valence-corrected chi connectivity index (χ4v) is 5.49. The van der Waals surface area contributed by atoms with Gasteiger partial charge in [-0.1, -0.05) is 0 Å². The Hall–Kier alpha value is -0.660. The summed E-state index contributed by atoms with van der Waals surface area (Å²) >= 11 is 0. The van der Waals surface area contributed by atoms with Crippen LogP contribution >= 0.6 is 0 Å². The Morgan fingerprint density at radius 2 is 1.81 bits per heavy atom. The van der Waals surface area contributed by atoms with E-state index in [9.17, 15) is 18.3 Å². The number of carbonyl (C=O) groups excluding carboxylic acids is 1. The molecule has 7 heteroatoms. The molecule has 4 aliphatic carbocycles. The smallest absolute Gasteiger partial charge is 0.312 e. The zero-order valence-corrected chi connectivity index (χ0v) is 12.8. The molecule has 21 heavy (non-hydrogen) atoms. The molecule has 6 nitrogen and oxygen atoms in total. The summed E-state index contributed by atoms with van der Waals surface area (Å²) in [6.07, 6.45) is 4.82. The van der Waals surface area contributed by atoms with Gasteiger partial charge in [-0.25, -0.2) is 0 Å². The molecule has 4 fully saturated rings. The molecule has 0 radical (unpaired) electrons. The van der Waals surface area contributed by atoms with Gasteiger partial charge in [0.25, 0.3) is 10.1 Å². The van der Waals surface area contributed by atoms with Crippen LogP contribution in [0.5, 0.6) is 0 Å². The molecule has 0 spiro atoms. The SMILES string of the molecule is O=C(OCCCS(=O)(=O)O)C12CC3CC(CC(O)(C3)C1)C2. The van der Waals surface area contributed by atoms with Gasteiger partial charge in [-0.2, -0.15) is 8.42 Å². The lowest BCUT2D eigenvalue weighted by Gasteiger charge is -2.58. The van der Waals surface area contributed by atoms with Crippen molar-refractivity contribution in [3.05, 3.63) is 0 Å². The normalized spacial score (nSPS) is 41.2. The summed E-state index contributed by atoms with van der Waals surface area (Å²) in [5.41, 5.74) is -1.28. The number of ether oxygens (including phenoxy) is 1. The van der Waals surface area contributed by atoms with Crippen molar-refractivity contribution in [2.24, 2.45) is 17.3 Å². The highest BCUT2D eigenvalue weighted by Gasteiger charge is 2.60. The zero-order chi connectivity index (χ0) is 15.3. The van der Waals surface area contributed by atoms with E-state index in [2.05, 4.69) is 0 Å². The van der Waals surface area contributed by atoms with Crippen LogP contribution in [-0.2, 0) is 19.6 Å². The number of hydrogen-bond donors (Lipinski definition) is 2. The number of aliphatic hydroxyl groups is 1. The number of esters is 1. The van der Waals surface area contributed by atoms with Crippen molar-refractivity contribution in [2.75, 3.05) is 12.4 Å². The van der Waals surface area contributed by atoms with Crippen LogP contribution in [0.3, 0.4) is 0 Å². The van der Waals surface area contributed by atoms with E-state index in [1.807, 2.05) is 0 Å². The molecule has 4 aliphatic rings. The molecule has 0 amide bonds. The van der Waals surface area contributed by atoms with Gasteiger partial charge >= 0.3 is 5.97 Å². The Morgan fingerprint density at radius 1 is 1.19 bits per heavy atom. The Morgan fingerprint density at radius 3 is 2.33 bits per heavy atom. The van der Waals surface area contributed by atoms with E-state index in [1.165, 1.54) is 0 Å². The average Bonchev–Trinajstić information content (AvgIpc) is 2.30. The molecular weight excluding hydrogens is 296 g/mol. The first-order valence-corrected chi connectivity index (χ1v) is 9.16. The van der Waals surface area contributed by atoms with Crippen molar-refractivity contribution in [1.82, 2.24) is 0 Å². The lowest BCUT2D eigenvalue weighted by Crippen LogP contribution is -2.58. The van der Waals surface area contributed by atoms with E-state index in [1.54, 1.807) is 0 Å². The van der Waals surface area contributed by atoms with E-state index < -0.39 is 26.9 Å². The van der Waals surface area contributed by atoms with Crippen LogP contribution in [0.1, 0.15) is 44.9 Å². The lowest BCUT2D eigenvalue weighted by molar-refractivity contribution is -0.196. The third-order valence-corrected chi connectivity index (χ3v) is 6.05. The molecule has 0 aromatic carbocycles. The van der Waals surface area contributed by atoms with Gasteiger partial charge in [-0.15, -0.1) is 0 Å². The predicted molar refractivity (Wildman–Crippen MR) is 74.1 cm³/mol. The summed E-state index contributed by atoms with van der Waals surface area (Å²) in [5.74, 6) is 0.108. The maximum Gasteiger partial charge on any atom is 0.312 e. The molecule has 0 heterocycles. The highest BCUT2D eigenvalue weighted by atomic mass is 32.2. The third kappa shape index (κ3) is 3.10. The molecule has 0 aromatic rings. The minimum absolute atomic E-state index is 0.00582. The second-order valence-electron chi connectivity index (χ2n) is 7.24. The first-order chi connectivity index (χ1) is 9.70. The van der Waals surface area contributed by atoms with Gasteiger partial charge in [0.15, 0.2) is 0 Å². The van der Waals surface area contributed by atoms with Crippen molar-refractivity contribution < 1.29 is 27.6 Å². The molecule has 2 N–H and O–H groups in total. The standard InChI is InChI=1S/C14H22O6S/c15-12(20-2-1-3-21(17,18)19)13-5-10-4-11(6-13)8-14(16,7-10)9-13/h10-11,16H,1-9H2,(H,17,18,19). The predicted octanol–water partition coefficient (Wildman–Crippen LogP) is 1.14. The summed E-state index contributed by atoms with van der Waals surface area (Å²) in [4.78, 5) is 12.4. The first-order valence-electron chi connectivity index (χ1n) is 7.55. The largest absolute Gasteiger partial charge is 0.465 e. The van der Waals surface area contributed by atoms with Crippen LogP contribution in [-0.4, -0.2) is 42.0 Å². The highest BCUT2D eigenvalue weighted by Crippen LogP contribution is 2.61. The summed E-state index contributed by atoms with van der Waals surface area (Å²) < 4.78 is 35.1. The number of hydrogen-bond acceptors (Lipinski definition) is 5. The Balaban J connectivity index is 1.60. The van der Waals surface area contributed by atoms with Crippen LogP contribution < -0.4 is 0 Å². The zero-order valence-electron chi connectivity index (χ0n) is 12.0. The Bertz CT molecular complexity index is 526. The second-order valence-corrected chi connectivity index (χ2v) is 8.81. The van der Waals surface area contributed by atoms with Gasteiger partial charge < -0.3 is 9.84 Å². The molecule has 4 rings (SSSR count). The minimum Gasteiger partial charge on any atom is -0.465 e. The van der Waals surface area contributed by atoms with Gasteiger partial charge in [0, 0.05) is 0 Å². The van der Waals surface area contributed by atoms with Crippen LogP contribution in [0, 0.1) is 17.3 Å². The fourth-order valence-electron chi connectivity index (χ4n) is 5.01. The van der Waals surface area contributed by atoms with Crippen molar-refractivity contribution in [1.29, 1.82) is 0 Å². The molecule has 0 aromatic heterocycles. The van der Waals surface area contributed by atoms with Gasteiger partial charge in [-0.3, -0.25) is 9.35 Å². The van der Waals surface area contributed by atoms with E-state index in [0.29, 0.717) is 18.3 Å². The number of rotatable bonds is 5. The van der Waals surface area contributed by atoms with Crippen molar-refractivity contribution in [3.8, 4) is 0 Å². The first kappa shape index (κ1) is 15.2. The van der Waals surface area contributed by atoms with Crippen LogP contribution in [0.15, 0.2) is 0 Å². The molecule has 4 bridgehead atoms. The lowest BCUT2D eigenvalue weighted by atomic mass is 9.48. The molecular formula is C14H22O6S. The minimum atomic E-state index is -4.01. The Labute approximate surface area is 124 Å². The van der Waals surface area contributed by atoms with Crippen molar-refractivity contribution in [2.45, 2.75) is 50.5 Å². The summed E-state index contributed by atoms with van der Waals surface area (Å²) in [7, 11) is -4.01. The topological polar surface area (TPSA) is 101 Å². The molecule has 2 atom stereocenters. The molecule has 120 valence electrons. The highest BCUT2D eigenvalue weighted by molar-refractivity contribution is 7.85. The van der Waals surface area contributed by atoms with Gasteiger partial charge in [-0.05, 0) is 56.8 Å². The van der Waals surface area contributed by atoms with E-state index >= 15 is 0 Å². The van der Waals surface area contributed by atoms with Gasteiger partial charge in [0.1, 0.15) is 0 Å². The van der Waals surface area contributed by atoms with E-state index in [0.717, 1.165) is 32.1 Å². The van der Waals surface area contributed by atoms with E-state index in [-0.39, 0.29) is 19.0 Å². The molecule has 0 saturated heterocycles.